The molecule has 7 heteroatoms. The maximum Gasteiger partial charge on any atom is 0.417 e. The second-order valence-electron chi connectivity index (χ2n) is 3.63. The van der Waals surface area contributed by atoms with Crippen LogP contribution in [0.3, 0.4) is 0 Å². The summed E-state index contributed by atoms with van der Waals surface area (Å²) in [5.74, 6) is -0.692. The highest BCUT2D eigenvalue weighted by Crippen LogP contribution is 2.37. The molecule has 1 rings (SSSR count). The van der Waals surface area contributed by atoms with Gasteiger partial charge in [-0.2, -0.15) is 13.2 Å². The number of benzene rings is 1. The third-order valence-corrected chi connectivity index (χ3v) is 3.28. The molecule has 0 saturated heterocycles. The summed E-state index contributed by atoms with van der Waals surface area (Å²) in [6.45, 7) is 1.88. The summed E-state index contributed by atoms with van der Waals surface area (Å²) in [7, 11) is 0. The van der Waals surface area contributed by atoms with Crippen LogP contribution < -0.4 is 5.73 Å². The van der Waals surface area contributed by atoms with Gasteiger partial charge in [-0.15, -0.1) is 11.8 Å². The molecule has 0 saturated carbocycles. The minimum Gasteiger partial charge on any atom is -0.465 e. The van der Waals surface area contributed by atoms with Crippen molar-refractivity contribution in [1.82, 2.24) is 0 Å². The van der Waals surface area contributed by atoms with E-state index in [1.54, 1.807) is 6.92 Å². The van der Waals surface area contributed by atoms with Crippen molar-refractivity contribution in [3.8, 4) is 0 Å². The van der Waals surface area contributed by atoms with Crippen molar-refractivity contribution < 1.29 is 22.7 Å². The third-order valence-electron chi connectivity index (χ3n) is 2.24. The van der Waals surface area contributed by atoms with Gasteiger partial charge in [0, 0.05) is 11.4 Å². The molecule has 106 valence electrons. The Bertz CT molecular complexity index is 449. The van der Waals surface area contributed by atoms with Crippen molar-refractivity contribution in [3.63, 3.8) is 0 Å². The third kappa shape index (κ3) is 4.76. The Kier molecular flexibility index (Phi) is 5.68. The van der Waals surface area contributed by atoms with Gasteiger partial charge in [0.1, 0.15) is 0 Å². The van der Waals surface area contributed by atoms with E-state index in [4.69, 9.17) is 5.73 Å². The average Bonchev–Trinajstić information content (AvgIpc) is 2.35. The van der Waals surface area contributed by atoms with E-state index >= 15 is 0 Å². The van der Waals surface area contributed by atoms with Crippen LogP contribution in [0.5, 0.6) is 0 Å². The summed E-state index contributed by atoms with van der Waals surface area (Å²) in [6, 6.07) is 3.85. The first kappa shape index (κ1) is 15.8. The number of ether oxygens (including phenoxy) is 1. The van der Waals surface area contributed by atoms with Crippen molar-refractivity contribution >= 4 is 17.7 Å². The van der Waals surface area contributed by atoms with Crippen LogP contribution in [-0.2, 0) is 22.3 Å². The summed E-state index contributed by atoms with van der Waals surface area (Å²) in [4.78, 5) is 11.2. The highest BCUT2D eigenvalue weighted by Gasteiger charge is 2.33. The summed E-state index contributed by atoms with van der Waals surface area (Å²) in [6.07, 6.45) is -4.47. The Balaban J connectivity index is 2.91. The molecule has 0 aliphatic rings. The molecule has 0 aromatic heterocycles. The van der Waals surface area contributed by atoms with Crippen LogP contribution >= 0.6 is 11.8 Å². The predicted octanol–water partition coefficient (Wildman–Crippen LogP) is 2.82. The molecule has 0 atom stereocenters. The van der Waals surface area contributed by atoms with Crippen LogP contribution in [0.2, 0.25) is 0 Å². The normalized spacial score (nSPS) is 11.4. The number of carbonyl (C=O) groups is 1. The SMILES string of the molecule is CCOC(=O)CSc1ccc(CN)cc1C(F)(F)F. The molecule has 3 nitrogen and oxygen atoms in total. The lowest BCUT2D eigenvalue weighted by Crippen LogP contribution is -2.11. The molecule has 0 aliphatic heterocycles. The predicted molar refractivity (Wildman–Crippen MR) is 66.7 cm³/mol. The highest BCUT2D eigenvalue weighted by atomic mass is 32.2. The Morgan fingerprint density at radius 1 is 1.42 bits per heavy atom. The van der Waals surface area contributed by atoms with Crippen LogP contribution in [0, 0.1) is 0 Å². The molecule has 2 N–H and O–H groups in total. The second kappa shape index (κ2) is 6.81. The van der Waals surface area contributed by atoms with Gasteiger partial charge in [0.2, 0.25) is 0 Å². The molecule has 0 amide bonds. The Morgan fingerprint density at radius 3 is 2.63 bits per heavy atom. The quantitative estimate of drug-likeness (QED) is 0.670. The zero-order chi connectivity index (χ0) is 14.5. The molecule has 1 aromatic rings. The molecule has 0 unspecified atom stereocenters. The fraction of sp³-hybridized carbons (Fsp3) is 0.417. The van der Waals surface area contributed by atoms with Gasteiger partial charge >= 0.3 is 12.1 Å². The smallest absolute Gasteiger partial charge is 0.417 e. The van der Waals surface area contributed by atoms with Gasteiger partial charge in [-0.1, -0.05) is 6.07 Å². The van der Waals surface area contributed by atoms with E-state index in [0.717, 1.165) is 17.8 Å². The van der Waals surface area contributed by atoms with Gasteiger partial charge in [-0.05, 0) is 24.6 Å². The number of halogens is 3. The van der Waals surface area contributed by atoms with Crippen LogP contribution in [0.1, 0.15) is 18.1 Å². The molecule has 0 bridgehead atoms. The first-order valence-electron chi connectivity index (χ1n) is 5.57. The fourth-order valence-electron chi connectivity index (χ4n) is 1.39. The average molecular weight is 293 g/mol. The van der Waals surface area contributed by atoms with E-state index in [9.17, 15) is 18.0 Å². The van der Waals surface area contributed by atoms with E-state index in [0.29, 0.717) is 5.56 Å². The number of hydrogen-bond donors (Lipinski definition) is 1. The first-order chi connectivity index (χ1) is 8.88. The lowest BCUT2D eigenvalue weighted by Gasteiger charge is -2.13. The highest BCUT2D eigenvalue weighted by molar-refractivity contribution is 8.00. The van der Waals surface area contributed by atoms with Crippen molar-refractivity contribution in [2.24, 2.45) is 5.73 Å². The number of carbonyl (C=O) groups excluding carboxylic acids is 1. The topological polar surface area (TPSA) is 52.3 Å². The Morgan fingerprint density at radius 2 is 2.11 bits per heavy atom. The van der Waals surface area contributed by atoms with Crippen LogP contribution in [0.15, 0.2) is 23.1 Å². The zero-order valence-electron chi connectivity index (χ0n) is 10.3. The number of thioether (sulfide) groups is 1. The van der Waals surface area contributed by atoms with Crippen LogP contribution in [0.25, 0.3) is 0 Å². The molecule has 0 spiro atoms. The lowest BCUT2D eigenvalue weighted by molar-refractivity contribution is -0.141. The standard InChI is InChI=1S/C12H14F3NO2S/c1-2-18-11(17)7-19-10-4-3-8(6-16)5-9(10)12(13,14)15/h3-5H,2,6-7,16H2,1H3. The number of alkyl halides is 3. The van der Waals surface area contributed by atoms with E-state index in [1.165, 1.54) is 12.1 Å². The second-order valence-corrected chi connectivity index (χ2v) is 4.64. The number of hydrogen-bond acceptors (Lipinski definition) is 4. The Hall–Kier alpha value is -1.21. The first-order valence-corrected chi connectivity index (χ1v) is 6.55. The molecule has 1 aromatic carbocycles. The van der Waals surface area contributed by atoms with Gasteiger partial charge in [0.15, 0.2) is 0 Å². The number of rotatable bonds is 5. The summed E-state index contributed by atoms with van der Waals surface area (Å²) < 4.78 is 43.3. The maximum atomic E-state index is 12.9. The van der Waals surface area contributed by atoms with Crippen LogP contribution in [-0.4, -0.2) is 18.3 Å². The van der Waals surface area contributed by atoms with E-state index in [1.807, 2.05) is 0 Å². The van der Waals surface area contributed by atoms with E-state index < -0.39 is 17.7 Å². The van der Waals surface area contributed by atoms with Crippen molar-refractivity contribution in [2.45, 2.75) is 24.5 Å². The van der Waals surface area contributed by atoms with Gasteiger partial charge in [-0.25, -0.2) is 0 Å². The van der Waals surface area contributed by atoms with Gasteiger partial charge in [0.05, 0.1) is 17.9 Å². The van der Waals surface area contributed by atoms with Crippen LogP contribution in [0.4, 0.5) is 13.2 Å². The van der Waals surface area contributed by atoms with Crippen molar-refractivity contribution in [2.75, 3.05) is 12.4 Å². The van der Waals surface area contributed by atoms with Crippen molar-refractivity contribution in [3.05, 3.63) is 29.3 Å². The summed E-state index contributed by atoms with van der Waals surface area (Å²) in [5.41, 5.74) is 4.95. The summed E-state index contributed by atoms with van der Waals surface area (Å²) in [5, 5.41) is 0. The van der Waals surface area contributed by atoms with Gasteiger partial charge < -0.3 is 10.5 Å². The summed E-state index contributed by atoms with van der Waals surface area (Å²) >= 11 is 0.806. The lowest BCUT2D eigenvalue weighted by atomic mass is 10.1. The molecular weight excluding hydrogens is 279 g/mol. The molecule has 0 fully saturated rings. The maximum absolute atomic E-state index is 12.9. The van der Waals surface area contributed by atoms with Crippen molar-refractivity contribution in [1.29, 1.82) is 0 Å². The number of nitrogens with two attached hydrogens (primary N) is 1. The minimum absolute atomic E-state index is 0.00208. The van der Waals surface area contributed by atoms with E-state index in [2.05, 4.69) is 4.74 Å². The van der Waals surface area contributed by atoms with E-state index in [-0.39, 0.29) is 23.8 Å². The molecule has 0 radical (unpaired) electrons. The molecule has 19 heavy (non-hydrogen) atoms. The Labute approximate surface area is 113 Å². The van der Waals surface area contributed by atoms with Gasteiger partial charge in [-0.3, -0.25) is 4.79 Å². The zero-order valence-corrected chi connectivity index (χ0v) is 11.1. The molecule has 0 heterocycles. The monoisotopic (exact) mass is 293 g/mol. The minimum atomic E-state index is -4.47. The molecular formula is C12H14F3NO2S. The molecule has 0 aliphatic carbocycles. The van der Waals surface area contributed by atoms with Gasteiger partial charge in [0.25, 0.3) is 0 Å². The largest absolute Gasteiger partial charge is 0.465 e. The fourth-order valence-corrected chi connectivity index (χ4v) is 2.24. The number of esters is 1.